The molecule has 2 fully saturated rings. The SMILES string of the molecule is CCc1ccc(NC(=O)[C@@]23CCCC[C@H]2CNC3)cc1.Cl. The Bertz CT molecular complexity index is 488. The Morgan fingerprint density at radius 3 is 2.81 bits per heavy atom. The fourth-order valence-corrected chi connectivity index (χ4v) is 3.77. The number of fused-ring (bicyclic) bond motifs is 1. The van der Waals surface area contributed by atoms with Crippen LogP contribution < -0.4 is 10.6 Å². The van der Waals surface area contributed by atoms with E-state index in [1.807, 2.05) is 12.1 Å². The molecular weight excluding hydrogens is 284 g/mol. The predicted octanol–water partition coefficient (Wildman–Crippen LogP) is 3.39. The van der Waals surface area contributed by atoms with Crippen molar-refractivity contribution >= 4 is 24.0 Å². The molecule has 1 saturated carbocycles. The van der Waals surface area contributed by atoms with E-state index >= 15 is 0 Å². The van der Waals surface area contributed by atoms with Gasteiger partial charge >= 0.3 is 0 Å². The average molecular weight is 309 g/mol. The highest BCUT2D eigenvalue weighted by Gasteiger charge is 2.49. The van der Waals surface area contributed by atoms with Crippen LogP contribution in [0.3, 0.4) is 0 Å². The van der Waals surface area contributed by atoms with Crippen molar-refractivity contribution in [2.45, 2.75) is 39.0 Å². The van der Waals surface area contributed by atoms with Gasteiger partial charge in [0, 0.05) is 12.2 Å². The Balaban J connectivity index is 0.00000161. The molecule has 1 amide bonds. The van der Waals surface area contributed by atoms with Gasteiger partial charge in [-0.3, -0.25) is 4.79 Å². The van der Waals surface area contributed by atoms with Gasteiger partial charge in [0.2, 0.25) is 5.91 Å². The molecule has 1 aromatic rings. The van der Waals surface area contributed by atoms with Crippen LogP contribution in [0, 0.1) is 11.3 Å². The van der Waals surface area contributed by atoms with E-state index in [-0.39, 0.29) is 23.7 Å². The first kappa shape index (κ1) is 16.3. The molecule has 1 saturated heterocycles. The van der Waals surface area contributed by atoms with E-state index in [9.17, 15) is 4.79 Å². The molecule has 2 aliphatic rings. The summed E-state index contributed by atoms with van der Waals surface area (Å²) in [5.74, 6) is 0.739. The van der Waals surface area contributed by atoms with Gasteiger partial charge in [0.05, 0.1) is 5.41 Å². The lowest BCUT2D eigenvalue weighted by Crippen LogP contribution is -2.44. The second-order valence-electron chi connectivity index (χ2n) is 6.23. The predicted molar refractivity (Wildman–Crippen MR) is 89.0 cm³/mol. The van der Waals surface area contributed by atoms with Crippen molar-refractivity contribution < 1.29 is 4.79 Å². The Hall–Kier alpha value is -1.06. The van der Waals surface area contributed by atoms with Gasteiger partial charge in [0.25, 0.3) is 0 Å². The number of nitrogens with one attached hydrogen (secondary N) is 2. The number of anilines is 1. The van der Waals surface area contributed by atoms with Crippen LogP contribution in [0.5, 0.6) is 0 Å². The first-order valence-corrected chi connectivity index (χ1v) is 7.86. The number of hydrogen-bond acceptors (Lipinski definition) is 2. The highest BCUT2D eigenvalue weighted by Crippen LogP contribution is 2.44. The number of aryl methyl sites for hydroxylation is 1. The molecule has 1 aliphatic carbocycles. The van der Waals surface area contributed by atoms with E-state index in [2.05, 4.69) is 29.7 Å². The maximum absolute atomic E-state index is 12.8. The second kappa shape index (κ2) is 6.80. The van der Waals surface area contributed by atoms with E-state index < -0.39 is 0 Å². The first-order chi connectivity index (χ1) is 9.74. The third kappa shape index (κ3) is 3.09. The molecule has 21 heavy (non-hydrogen) atoms. The molecule has 4 heteroatoms. The van der Waals surface area contributed by atoms with Gasteiger partial charge < -0.3 is 10.6 Å². The molecule has 1 aliphatic heterocycles. The number of hydrogen-bond donors (Lipinski definition) is 2. The van der Waals surface area contributed by atoms with E-state index in [1.54, 1.807) is 0 Å². The minimum atomic E-state index is -0.165. The number of benzene rings is 1. The van der Waals surface area contributed by atoms with Crippen LogP contribution >= 0.6 is 12.4 Å². The van der Waals surface area contributed by atoms with Crippen molar-refractivity contribution in [3.05, 3.63) is 29.8 Å². The zero-order valence-electron chi connectivity index (χ0n) is 12.7. The van der Waals surface area contributed by atoms with Crippen LogP contribution in [0.2, 0.25) is 0 Å². The molecular formula is C17H25ClN2O. The first-order valence-electron chi connectivity index (χ1n) is 7.86. The number of carbonyl (C=O) groups excluding carboxylic acids is 1. The van der Waals surface area contributed by atoms with Crippen LogP contribution in [0.15, 0.2) is 24.3 Å². The average Bonchev–Trinajstić information content (AvgIpc) is 2.93. The molecule has 0 radical (unpaired) electrons. The Labute approximate surface area is 133 Å². The molecule has 3 rings (SSSR count). The Morgan fingerprint density at radius 1 is 1.33 bits per heavy atom. The van der Waals surface area contributed by atoms with Gasteiger partial charge in [-0.15, -0.1) is 12.4 Å². The highest BCUT2D eigenvalue weighted by molar-refractivity contribution is 5.96. The number of rotatable bonds is 3. The van der Waals surface area contributed by atoms with Crippen LogP contribution in [0.4, 0.5) is 5.69 Å². The molecule has 0 spiro atoms. The Morgan fingerprint density at radius 2 is 2.10 bits per heavy atom. The smallest absolute Gasteiger partial charge is 0.232 e. The molecule has 116 valence electrons. The zero-order chi connectivity index (χ0) is 14.0. The fraction of sp³-hybridized carbons (Fsp3) is 0.588. The van der Waals surface area contributed by atoms with Crippen LogP contribution in [-0.2, 0) is 11.2 Å². The fourth-order valence-electron chi connectivity index (χ4n) is 3.77. The van der Waals surface area contributed by atoms with Gasteiger partial charge in [0.1, 0.15) is 0 Å². The molecule has 1 aromatic carbocycles. The summed E-state index contributed by atoms with van der Waals surface area (Å²) in [6, 6.07) is 8.23. The lowest BCUT2D eigenvalue weighted by atomic mass is 9.67. The molecule has 0 unspecified atom stereocenters. The summed E-state index contributed by atoms with van der Waals surface area (Å²) < 4.78 is 0. The van der Waals surface area contributed by atoms with Crippen LogP contribution in [-0.4, -0.2) is 19.0 Å². The summed E-state index contributed by atoms with van der Waals surface area (Å²) in [5.41, 5.74) is 2.07. The number of halogens is 1. The van der Waals surface area contributed by atoms with Crippen molar-refractivity contribution in [1.29, 1.82) is 0 Å². The third-order valence-corrected chi connectivity index (χ3v) is 5.11. The molecule has 3 nitrogen and oxygen atoms in total. The maximum atomic E-state index is 12.8. The summed E-state index contributed by atoms with van der Waals surface area (Å²) in [4.78, 5) is 12.8. The standard InChI is InChI=1S/C17H24N2O.ClH/c1-2-13-6-8-15(9-7-13)19-16(20)17-10-4-3-5-14(17)11-18-12-17;/h6-9,14,18H,2-5,10-12H2,1H3,(H,19,20);1H/t14-,17+;/m0./s1. The van der Waals surface area contributed by atoms with Crippen LogP contribution in [0.1, 0.15) is 38.2 Å². The van der Waals surface area contributed by atoms with Crippen LogP contribution in [0.25, 0.3) is 0 Å². The number of amides is 1. The summed E-state index contributed by atoms with van der Waals surface area (Å²) in [5, 5.41) is 6.58. The van der Waals surface area contributed by atoms with Gasteiger partial charge in [-0.05, 0) is 49.4 Å². The quantitative estimate of drug-likeness (QED) is 0.898. The Kier molecular flexibility index (Phi) is 5.28. The highest BCUT2D eigenvalue weighted by atomic mass is 35.5. The van der Waals surface area contributed by atoms with Gasteiger partial charge in [-0.2, -0.15) is 0 Å². The van der Waals surface area contributed by atoms with E-state index in [0.717, 1.165) is 31.6 Å². The van der Waals surface area contributed by atoms with Crippen molar-refractivity contribution in [2.75, 3.05) is 18.4 Å². The summed E-state index contributed by atoms with van der Waals surface area (Å²) >= 11 is 0. The largest absolute Gasteiger partial charge is 0.326 e. The second-order valence-corrected chi connectivity index (χ2v) is 6.23. The lowest BCUT2D eigenvalue weighted by molar-refractivity contribution is -0.128. The molecule has 0 aromatic heterocycles. The minimum Gasteiger partial charge on any atom is -0.326 e. The number of carbonyl (C=O) groups is 1. The zero-order valence-corrected chi connectivity index (χ0v) is 13.5. The van der Waals surface area contributed by atoms with Crippen molar-refractivity contribution in [1.82, 2.24) is 5.32 Å². The summed E-state index contributed by atoms with van der Waals surface area (Å²) in [6.45, 7) is 3.99. The molecule has 0 bridgehead atoms. The molecule has 1 heterocycles. The van der Waals surface area contributed by atoms with Crippen molar-refractivity contribution in [3.8, 4) is 0 Å². The normalized spacial score (nSPS) is 27.6. The van der Waals surface area contributed by atoms with E-state index in [4.69, 9.17) is 0 Å². The van der Waals surface area contributed by atoms with E-state index in [0.29, 0.717) is 5.92 Å². The minimum absolute atomic E-state index is 0. The van der Waals surface area contributed by atoms with Crippen molar-refractivity contribution in [2.24, 2.45) is 11.3 Å². The van der Waals surface area contributed by atoms with Gasteiger partial charge in [-0.1, -0.05) is 31.9 Å². The maximum Gasteiger partial charge on any atom is 0.232 e. The lowest BCUT2D eigenvalue weighted by Gasteiger charge is -2.37. The van der Waals surface area contributed by atoms with E-state index in [1.165, 1.54) is 24.8 Å². The molecule has 2 atom stereocenters. The van der Waals surface area contributed by atoms with Gasteiger partial charge in [0.15, 0.2) is 0 Å². The topological polar surface area (TPSA) is 41.1 Å². The van der Waals surface area contributed by atoms with Gasteiger partial charge in [-0.25, -0.2) is 0 Å². The monoisotopic (exact) mass is 308 g/mol. The summed E-state index contributed by atoms with van der Waals surface area (Å²) in [6.07, 6.45) is 5.70. The molecule has 2 N–H and O–H groups in total. The third-order valence-electron chi connectivity index (χ3n) is 5.11. The summed E-state index contributed by atoms with van der Waals surface area (Å²) in [7, 11) is 0. The van der Waals surface area contributed by atoms with Crippen molar-refractivity contribution in [3.63, 3.8) is 0 Å².